The van der Waals surface area contributed by atoms with Crippen molar-refractivity contribution < 1.29 is 4.52 Å². The van der Waals surface area contributed by atoms with Gasteiger partial charge in [-0.1, -0.05) is 42.1 Å². The number of halogens is 1. The quantitative estimate of drug-likeness (QED) is 0.658. The average Bonchev–Trinajstić information content (AvgIpc) is 2.91. The van der Waals surface area contributed by atoms with Gasteiger partial charge in [-0.3, -0.25) is 4.79 Å². The molecule has 0 spiro atoms. The Balaban J connectivity index is 2.17. The summed E-state index contributed by atoms with van der Waals surface area (Å²) >= 11 is 6.41. The van der Waals surface area contributed by atoms with Crippen LogP contribution in [-0.4, -0.2) is 9.72 Å². The lowest BCUT2D eigenvalue weighted by Gasteiger charge is -2.25. The van der Waals surface area contributed by atoms with Crippen LogP contribution in [0.25, 0.3) is 21.9 Å². The highest BCUT2D eigenvalue weighted by Gasteiger charge is 2.24. The standard InChI is InChI=1S/C17H17ClN2O2/c1-10-14-16(22-19-10)15-12(18)8-5-9-13(15)20(17(14)21)11-6-3-2-4-7-11/h5,8-9,11H,2-4,6-7H2,1H3. The van der Waals surface area contributed by atoms with Gasteiger partial charge in [-0.15, -0.1) is 0 Å². The van der Waals surface area contributed by atoms with Crippen molar-refractivity contribution in [2.75, 3.05) is 0 Å². The predicted molar refractivity (Wildman–Crippen MR) is 87.6 cm³/mol. The van der Waals surface area contributed by atoms with E-state index in [4.69, 9.17) is 16.1 Å². The van der Waals surface area contributed by atoms with Gasteiger partial charge in [0.25, 0.3) is 5.56 Å². The molecule has 0 bridgehead atoms. The highest BCUT2D eigenvalue weighted by Crippen LogP contribution is 2.35. The van der Waals surface area contributed by atoms with Crippen LogP contribution in [0.3, 0.4) is 0 Å². The molecule has 2 heterocycles. The highest BCUT2D eigenvalue weighted by molar-refractivity contribution is 6.37. The van der Waals surface area contributed by atoms with Gasteiger partial charge < -0.3 is 9.09 Å². The van der Waals surface area contributed by atoms with Crippen molar-refractivity contribution in [2.24, 2.45) is 0 Å². The lowest BCUT2D eigenvalue weighted by atomic mass is 9.94. The second-order valence-electron chi connectivity index (χ2n) is 6.07. The minimum Gasteiger partial charge on any atom is -0.355 e. The minimum absolute atomic E-state index is 0.00424. The van der Waals surface area contributed by atoms with Gasteiger partial charge in [0.2, 0.25) is 0 Å². The first-order chi connectivity index (χ1) is 10.7. The third-order valence-electron chi connectivity index (χ3n) is 4.71. The zero-order valence-electron chi connectivity index (χ0n) is 12.4. The lowest BCUT2D eigenvalue weighted by Crippen LogP contribution is -2.27. The molecule has 0 amide bonds. The predicted octanol–water partition coefficient (Wildman–Crippen LogP) is 4.61. The summed E-state index contributed by atoms with van der Waals surface area (Å²) in [6.07, 6.45) is 5.66. The molecule has 0 N–H and O–H groups in total. The monoisotopic (exact) mass is 316 g/mol. The molecule has 0 aliphatic heterocycles. The van der Waals surface area contributed by atoms with E-state index in [-0.39, 0.29) is 11.6 Å². The van der Waals surface area contributed by atoms with E-state index >= 15 is 0 Å². The van der Waals surface area contributed by atoms with E-state index in [0.717, 1.165) is 23.7 Å². The van der Waals surface area contributed by atoms with Gasteiger partial charge in [0, 0.05) is 6.04 Å². The summed E-state index contributed by atoms with van der Waals surface area (Å²) in [5, 5.41) is 5.94. The molecule has 22 heavy (non-hydrogen) atoms. The Morgan fingerprint density at radius 1 is 1.23 bits per heavy atom. The molecule has 1 fully saturated rings. The van der Waals surface area contributed by atoms with Gasteiger partial charge in [-0.25, -0.2) is 0 Å². The maximum Gasteiger partial charge on any atom is 0.264 e. The summed E-state index contributed by atoms with van der Waals surface area (Å²) in [6.45, 7) is 1.81. The summed E-state index contributed by atoms with van der Waals surface area (Å²) in [6, 6.07) is 5.91. The number of rotatable bonds is 1. The lowest BCUT2D eigenvalue weighted by molar-refractivity contribution is 0.355. The van der Waals surface area contributed by atoms with Crippen molar-refractivity contribution in [2.45, 2.75) is 45.1 Å². The van der Waals surface area contributed by atoms with Gasteiger partial charge in [-0.05, 0) is 31.9 Å². The third kappa shape index (κ3) is 1.90. The number of hydrogen-bond acceptors (Lipinski definition) is 3. The molecule has 0 radical (unpaired) electrons. The van der Waals surface area contributed by atoms with Gasteiger partial charge in [0.15, 0.2) is 5.58 Å². The number of aryl methyl sites for hydroxylation is 1. The Labute approximate surface area is 132 Å². The first-order valence-corrected chi connectivity index (χ1v) is 8.15. The third-order valence-corrected chi connectivity index (χ3v) is 5.03. The van der Waals surface area contributed by atoms with Crippen molar-refractivity contribution >= 4 is 33.5 Å². The fraction of sp³-hybridized carbons (Fsp3) is 0.412. The minimum atomic E-state index is -0.00424. The normalized spacial score (nSPS) is 16.6. The van der Waals surface area contributed by atoms with E-state index in [2.05, 4.69) is 5.16 Å². The summed E-state index contributed by atoms with van der Waals surface area (Å²) in [5.41, 5.74) is 1.99. The van der Waals surface area contributed by atoms with E-state index in [0.29, 0.717) is 21.7 Å². The Bertz CT molecular complexity index is 920. The van der Waals surface area contributed by atoms with Gasteiger partial charge in [-0.2, -0.15) is 0 Å². The smallest absolute Gasteiger partial charge is 0.264 e. The fourth-order valence-electron chi connectivity index (χ4n) is 3.66. The topological polar surface area (TPSA) is 48.0 Å². The van der Waals surface area contributed by atoms with E-state index < -0.39 is 0 Å². The van der Waals surface area contributed by atoms with E-state index in [1.54, 1.807) is 6.92 Å². The first kappa shape index (κ1) is 13.8. The fourth-order valence-corrected chi connectivity index (χ4v) is 3.92. The van der Waals surface area contributed by atoms with Crippen molar-refractivity contribution in [3.8, 4) is 0 Å². The molecule has 3 aromatic rings. The van der Waals surface area contributed by atoms with Crippen LogP contribution in [0.4, 0.5) is 0 Å². The summed E-state index contributed by atoms with van der Waals surface area (Å²) in [5.74, 6) is 0. The Morgan fingerprint density at radius 2 is 2.00 bits per heavy atom. The van der Waals surface area contributed by atoms with Crippen LogP contribution in [0.15, 0.2) is 27.5 Å². The van der Waals surface area contributed by atoms with Crippen LogP contribution >= 0.6 is 11.6 Å². The molecule has 0 saturated heterocycles. The van der Waals surface area contributed by atoms with Crippen LogP contribution < -0.4 is 5.56 Å². The van der Waals surface area contributed by atoms with Gasteiger partial charge in [0.05, 0.1) is 21.6 Å². The summed E-state index contributed by atoms with van der Waals surface area (Å²) in [4.78, 5) is 13.1. The maximum absolute atomic E-state index is 13.1. The molecule has 1 saturated carbocycles. The summed E-state index contributed by atoms with van der Waals surface area (Å²) < 4.78 is 7.34. The van der Waals surface area contributed by atoms with E-state index in [1.165, 1.54) is 19.3 Å². The molecule has 114 valence electrons. The first-order valence-electron chi connectivity index (χ1n) is 7.77. The molecule has 1 aromatic carbocycles. The number of hydrogen-bond donors (Lipinski definition) is 0. The van der Waals surface area contributed by atoms with Crippen LogP contribution in [-0.2, 0) is 0 Å². The molecule has 5 heteroatoms. The zero-order chi connectivity index (χ0) is 15.3. The number of pyridine rings is 1. The average molecular weight is 317 g/mol. The molecule has 0 unspecified atom stereocenters. The molecular formula is C17H17ClN2O2. The SMILES string of the molecule is Cc1noc2c1c(=O)n(C1CCCCC1)c1cccc(Cl)c21. The molecule has 1 aliphatic carbocycles. The van der Waals surface area contributed by atoms with E-state index in [1.807, 2.05) is 22.8 Å². The van der Waals surface area contributed by atoms with Crippen LogP contribution in [0, 0.1) is 6.92 Å². The van der Waals surface area contributed by atoms with Gasteiger partial charge in [0.1, 0.15) is 5.39 Å². The van der Waals surface area contributed by atoms with Crippen molar-refractivity contribution in [3.05, 3.63) is 39.3 Å². The molecule has 4 nitrogen and oxygen atoms in total. The second kappa shape index (κ2) is 5.13. The van der Waals surface area contributed by atoms with Crippen molar-refractivity contribution in [1.82, 2.24) is 9.72 Å². The van der Waals surface area contributed by atoms with Crippen molar-refractivity contribution in [3.63, 3.8) is 0 Å². The highest BCUT2D eigenvalue weighted by atomic mass is 35.5. The molecule has 0 atom stereocenters. The van der Waals surface area contributed by atoms with Crippen LogP contribution in [0.1, 0.15) is 43.8 Å². The Morgan fingerprint density at radius 3 is 2.77 bits per heavy atom. The van der Waals surface area contributed by atoms with Crippen molar-refractivity contribution in [1.29, 1.82) is 0 Å². The molecular weight excluding hydrogens is 300 g/mol. The maximum atomic E-state index is 13.1. The Kier molecular flexibility index (Phi) is 3.22. The number of aromatic nitrogens is 2. The summed E-state index contributed by atoms with van der Waals surface area (Å²) in [7, 11) is 0. The largest absolute Gasteiger partial charge is 0.355 e. The van der Waals surface area contributed by atoms with Crippen LogP contribution in [0.5, 0.6) is 0 Å². The second-order valence-corrected chi connectivity index (χ2v) is 6.48. The Hall–Kier alpha value is -1.81. The van der Waals surface area contributed by atoms with E-state index in [9.17, 15) is 4.79 Å². The zero-order valence-corrected chi connectivity index (χ0v) is 13.2. The van der Waals surface area contributed by atoms with Gasteiger partial charge >= 0.3 is 0 Å². The number of fused-ring (bicyclic) bond motifs is 3. The molecule has 4 rings (SSSR count). The number of benzene rings is 1. The van der Waals surface area contributed by atoms with Crippen LogP contribution in [0.2, 0.25) is 5.02 Å². The molecule has 1 aliphatic rings. The number of nitrogens with zero attached hydrogens (tertiary/aromatic N) is 2. The molecule has 2 aromatic heterocycles.